The molecule has 1 aliphatic rings. The molecule has 0 aromatic carbocycles. The van der Waals surface area contributed by atoms with Gasteiger partial charge in [-0.15, -0.1) is 0 Å². The molecule has 1 fully saturated rings. The summed E-state index contributed by atoms with van der Waals surface area (Å²) < 4.78 is 10.3. The molecule has 3 amide bonds. The molecular formula is C25H43N3O7. The van der Waals surface area contributed by atoms with E-state index in [4.69, 9.17) is 9.47 Å². The van der Waals surface area contributed by atoms with Crippen LogP contribution >= 0.6 is 0 Å². The number of esters is 1. The molecule has 1 heterocycles. The second-order valence-electron chi connectivity index (χ2n) is 10.2. The van der Waals surface area contributed by atoms with Crippen LogP contribution in [0.2, 0.25) is 0 Å². The van der Waals surface area contributed by atoms with Gasteiger partial charge in [0.05, 0.1) is 12.6 Å². The molecule has 0 aromatic rings. The third-order valence-corrected chi connectivity index (χ3v) is 5.80. The number of rotatable bonds is 16. The molecule has 0 bridgehead atoms. The summed E-state index contributed by atoms with van der Waals surface area (Å²) in [5.74, 6) is -2.45. The van der Waals surface area contributed by atoms with Gasteiger partial charge in [0.15, 0.2) is 5.78 Å². The Labute approximate surface area is 208 Å². The van der Waals surface area contributed by atoms with E-state index in [0.29, 0.717) is 12.8 Å². The maximum Gasteiger partial charge on any atom is 0.302 e. The van der Waals surface area contributed by atoms with Crippen LogP contribution in [0.5, 0.6) is 0 Å². The monoisotopic (exact) mass is 497 g/mol. The number of ketones is 1. The van der Waals surface area contributed by atoms with Gasteiger partial charge >= 0.3 is 5.97 Å². The number of carbonyl (C=O) groups excluding carboxylic acids is 5. The van der Waals surface area contributed by atoms with Crippen LogP contribution in [0.25, 0.3) is 0 Å². The standard InChI is InChI=1S/C25H43N3O7/c1-8-9-10-11-20(30)28-21(16(4)5)24(33)27-19(13-34-17(6)29)23(32)26-18(12-15(2)3)22(31)25(7)14-35-25/h15-16,18-19,21H,8-14H2,1-7H3,(H,26,32)(H,27,33)(H,28,30). The van der Waals surface area contributed by atoms with Crippen LogP contribution in [-0.2, 0) is 33.4 Å². The summed E-state index contributed by atoms with van der Waals surface area (Å²) in [5, 5.41) is 8.03. The van der Waals surface area contributed by atoms with Crippen molar-refractivity contribution in [3.05, 3.63) is 0 Å². The van der Waals surface area contributed by atoms with Crippen molar-refractivity contribution >= 4 is 29.5 Å². The third-order valence-electron chi connectivity index (χ3n) is 5.80. The van der Waals surface area contributed by atoms with Gasteiger partial charge in [-0.1, -0.05) is 47.5 Å². The highest BCUT2D eigenvalue weighted by Gasteiger charge is 2.50. The molecule has 0 aliphatic carbocycles. The van der Waals surface area contributed by atoms with Gasteiger partial charge in [-0.25, -0.2) is 0 Å². The molecule has 200 valence electrons. The topological polar surface area (TPSA) is 143 Å². The molecule has 10 heteroatoms. The van der Waals surface area contributed by atoms with Gasteiger partial charge < -0.3 is 25.4 Å². The summed E-state index contributed by atoms with van der Waals surface area (Å²) in [5.41, 5.74) is -0.924. The highest BCUT2D eigenvalue weighted by Crippen LogP contribution is 2.29. The number of carbonyl (C=O) groups is 5. The van der Waals surface area contributed by atoms with Gasteiger partial charge in [-0.3, -0.25) is 24.0 Å². The maximum absolute atomic E-state index is 13.1. The molecule has 1 rings (SSSR count). The Hall–Kier alpha value is -2.49. The number of unbranched alkanes of at least 4 members (excludes halogenated alkanes) is 2. The molecule has 0 saturated carbocycles. The summed E-state index contributed by atoms with van der Waals surface area (Å²) in [6.07, 6.45) is 3.30. The Balaban J connectivity index is 2.95. The Morgan fingerprint density at radius 3 is 2.03 bits per heavy atom. The predicted molar refractivity (Wildman–Crippen MR) is 130 cm³/mol. The quantitative estimate of drug-likeness (QED) is 0.167. The van der Waals surface area contributed by atoms with Crippen molar-refractivity contribution in [2.24, 2.45) is 11.8 Å². The fraction of sp³-hybridized carbons (Fsp3) is 0.800. The van der Waals surface area contributed by atoms with Crippen molar-refractivity contribution in [1.29, 1.82) is 0 Å². The normalized spacial score (nSPS) is 19.5. The first-order valence-corrected chi connectivity index (χ1v) is 12.5. The Morgan fingerprint density at radius 1 is 0.943 bits per heavy atom. The number of hydrogen-bond acceptors (Lipinski definition) is 7. The smallest absolute Gasteiger partial charge is 0.302 e. The van der Waals surface area contributed by atoms with Gasteiger partial charge in [-0.05, 0) is 31.6 Å². The van der Waals surface area contributed by atoms with Gasteiger partial charge in [0.1, 0.15) is 24.3 Å². The van der Waals surface area contributed by atoms with E-state index >= 15 is 0 Å². The minimum atomic E-state index is -1.24. The summed E-state index contributed by atoms with van der Waals surface area (Å²) in [4.78, 5) is 62.7. The molecule has 1 aliphatic heterocycles. The Morgan fingerprint density at radius 2 is 1.54 bits per heavy atom. The number of amides is 3. The molecule has 0 aromatic heterocycles. The minimum Gasteiger partial charge on any atom is -0.463 e. The van der Waals surface area contributed by atoms with Crippen molar-refractivity contribution in [1.82, 2.24) is 16.0 Å². The maximum atomic E-state index is 13.1. The molecule has 4 unspecified atom stereocenters. The molecule has 10 nitrogen and oxygen atoms in total. The van der Waals surface area contributed by atoms with Gasteiger partial charge in [-0.2, -0.15) is 0 Å². The van der Waals surface area contributed by atoms with Crippen molar-refractivity contribution < 1.29 is 33.4 Å². The van der Waals surface area contributed by atoms with Crippen LogP contribution in [0.4, 0.5) is 0 Å². The van der Waals surface area contributed by atoms with Gasteiger partial charge in [0.25, 0.3) is 0 Å². The molecule has 1 saturated heterocycles. The SMILES string of the molecule is CCCCCC(=O)NC(C(=O)NC(COC(C)=O)C(=O)NC(CC(C)C)C(=O)C1(C)CO1)C(C)C. The number of Topliss-reactive ketones (excluding diaryl/α,β-unsaturated/α-hetero) is 1. The second-order valence-corrected chi connectivity index (χ2v) is 10.2. The highest BCUT2D eigenvalue weighted by molar-refractivity contribution is 5.98. The fourth-order valence-electron chi connectivity index (χ4n) is 3.56. The van der Waals surface area contributed by atoms with E-state index < -0.39 is 48.1 Å². The van der Waals surface area contributed by atoms with Crippen LogP contribution in [0.15, 0.2) is 0 Å². The fourth-order valence-corrected chi connectivity index (χ4v) is 3.56. The number of epoxide rings is 1. The summed E-state index contributed by atoms with van der Waals surface area (Å²) >= 11 is 0. The van der Waals surface area contributed by atoms with Crippen LogP contribution in [-0.4, -0.2) is 66.4 Å². The second kappa shape index (κ2) is 14.2. The number of ether oxygens (including phenoxy) is 2. The van der Waals surface area contributed by atoms with E-state index in [9.17, 15) is 24.0 Å². The van der Waals surface area contributed by atoms with Crippen molar-refractivity contribution in [2.45, 2.75) is 104 Å². The minimum absolute atomic E-state index is 0.112. The van der Waals surface area contributed by atoms with Crippen molar-refractivity contribution in [2.75, 3.05) is 13.2 Å². The van der Waals surface area contributed by atoms with Gasteiger partial charge in [0.2, 0.25) is 17.7 Å². The lowest BCUT2D eigenvalue weighted by Crippen LogP contribution is -2.59. The largest absolute Gasteiger partial charge is 0.463 e. The first kappa shape index (κ1) is 30.5. The van der Waals surface area contributed by atoms with Crippen LogP contribution < -0.4 is 16.0 Å². The van der Waals surface area contributed by atoms with Crippen LogP contribution in [0, 0.1) is 11.8 Å². The van der Waals surface area contributed by atoms with E-state index in [-0.39, 0.29) is 30.1 Å². The zero-order chi connectivity index (χ0) is 26.8. The number of hydrogen-bond donors (Lipinski definition) is 3. The van der Waals surface area contributed by atoms with E-state index in [1.807, 2.05) is 20.8 Å². The van der Waals surface area contributed by atoms with Crippen molar-refractivity contribution in [3.63, 3.8) is 0 Å². The molecular weight excluding hydrogens is 454 g/mol. The Kier molecular flexibility index (Phi) is 12.4. The average Bonchev–Trinajstić information content (AvgIpc) is 3.51. The summed E-state index contributed by atoms with van der Waals surface area (Å²) in [6, 6.07) is -2.92. The first-order chi connectivity index (χ1) is 16.3. The van der Waals surface area contributed by atoms with Crippen molar-refractivity contribution in [3.8, 4) is 0 Å². The molecule has 35 heavy (non-hydrogen) atoms. The summed E-state index contributed by atoms with van der Waals surface area (Å²) in [7, 11) is 0. The zero-order valence-corrected chi connectivity index (χ0v) is 22.2. The third kappa shape index (κ3) is 10.8. The molecule has 0 radical (unpaired) electrons. The molecule has 4 atom stereocenters. The number of nitrogens with one attached hydrogen (secondary N) is 3. The van der Waals surface area contributed by atoms with E-state index in [1.165, 1.54) is 6.92 Å². The molecule has 3 N–H and O–H groups in total. The first-order valence-electron chi connectivity index (χ1n) is 12.5. The van der Waals surface area contributed by atoms with E-state index in [0.717, 1.165) is 19.3 Å². The van der Waals surface area contributed by atoms with Crippen LogP contribution in [0.3, 0.4) is 0 Å². The summed E-state index contributed by atoms with van der Waals surface area (Å²) in [6.45, 7) is 12.2. The lowest BCUT2D eigenvalue weighted by molar-refractivity contribution is -0.145. The zero-order valence-electron chi connectivity index (χ0n) is 22.2. The van der Waals surface area contributed by atoms with E-state index in [1.54, 1.807) is 20.8 Å². The molecule has 0 spiro atoms. The average molecular weight is 498 g/mol. The van der Waals surface area contributed by atoms with Gasteiger partial charge in [0, 0.05) is 13.3 Å². The highest BCUT2D eigenvalue weighted by atomic mass is 16.6. The lowest BCUT2D eigenvalue weighted by atomic mass is 9.93. The predicted octanol–water partition coefficient (Wildman–Crippen LogP) is 1.64. The van der Waals surface area contributed by atoms with Crippen LogP contribution in [0.1, 0.15) is 80.6 Å². The van der Waals surface area contributed by atoms with E-state index in [2.05, 4.69) is 16.0 Å². The Bertz CT molecular complexity index is 762. The lowest BCUT2D eigenvalue weighted by Gasteiger charge is -2.27.